The van der Waals surface area contributed by atoms with Gasteiger partial charge in [-0.15, -0.1) is 0 Å². The number of piperidine rings is 1. The SMILES string of the molecule is CC1(C)CCCC(C)(C)N1[N+]([O])=O. The average molecular weight is 186 g/mol. The summed E-state index contributed by atoms with van der Waals surface area (Å²) in [6, 6.07) is 0. The third-order valence-electron chi connectivity index (χ3n) is 2.89. The lowest BCUT2D eigenvalue weighted by molar-refractivity contribution is -0.950. The topological polar surface area (TPSA) is 43.2 Å². The van der Waals surface area contributed by atoms with Gasteiger partial charge in [-0.1, -0.05) is 5.01 Å². The van der Waals surface area contributed by atoms with Crippen molar-refractivity contribution in [1.82, 2.24) is 5.01 Å². The van der Waals surface area contributed by atoms with Crippen LogP contribution in [-0.4, -0.2) is 21.1 Å². The highest BCUT2D eigenvalue weighted by Crippen LogP contribution is 2.37. The van der Waals surface area contributed by atoms with Crippen molar-refractivity contribution in [1.29, 1.82) is 0 Å². The van der Waals surface area contributed by atoms with Gasteiger partial charge in [-0.3, -0.25) is 0 Å². The van der Waals surface area contributed by atoms with Gasteiger partial charge in [-0.2, -0.15) is 0 Å². The smallest absolute Gasteiger partial charge is 0.0759 e. The predicted octanol–water partition coefficient (Wildman–Crippen LogP) is 2.07. The van der Waals surface area contributed by atoms with Crippen LogP contribution in [-0.2, 0) is 5.21 Å². The molecule has 1 fully saturated rings. The molecule has 0 unspecified atom stereocenters. The number of hydrazine groups is 1. The van der Waals surface area contributed by atoms with E-state index in [1.54, 1.807) is 0 Å². The van der Waals surface area contributed by atoms with Crippen LogP contribution in [0.4, 0.5) is 0 Å². The summed E-state index contributed by atoms with van der Waals surface area (Å²) in [5.74, 6) is 0. The zero-order chi connectivity index (χ0) is 10.3. The molecular weight excluding hydrogens is 168 g/mol. The first-order chi connectivity index (χ1) is 5.77. The number of hydrogen-bond donors (Lipinski definition) is 0. The molecule has 1 radical (unpaired) electrons. The molecule has 0 aromatic carbocycles. The van der Waals surface area contributed by atoms with E-state index in [1.807, 2.05) is 27.7 Å². The minimum absolute atomic E-state index is 0.251. The summed E-state index contributed by atoms with van der Waals surface area (Å²) in [5, 5.41) is 12.1. The second-order valence-corrected chi connectivity index (χ2v) is 5.03. The van der Waals surface area contributed by atoms with Crippen molar-refractivity contribution in [2.45, 2.75) is 58.0 Å². The van der Waals surface area contributed by atoms with Gasteiger partial charge in [-0.25, -0.2) is 0 Å². The Balaban J connectivity index is 2.98. The van der Waals surface area contributed by atoms with Crippen LogP contribution < -0.4 is 0 Å². The van der Waals surface area contributed by atoms with Crippen LogP contribution in [0.25, 0.3) is 0 Å². The highest BCUT2D eigenvalue weighted by atomic mass is 16.7. The Labute approximate surface area is 79.0 Å². The summed E-state index contributed by atoms with van der Waals surface area (Å²) in [6.07, 6.45) is 2.87. The molecule has 13 heavy (non-hydrogen) atoms. The van der Waals surface area contributed by atoms with Crippen molar-refractivity contribution in [3.63, 3.8) is 0 Å². The van der Waals surface area contributed by atoms with E-state index in [2.05, 4.69) is 0 Å². The van der Waals surface area contributed by atoms with Gasteiger partial charge in [0.2, 0.25) is 0 Å². The lowest BCUT2D eigenvalue weighted by atomic mass is 9.82. The molecule has 0 aliphatic carbocycles. The van der Waals surface area contributed by atoms with Gasteiger partial charge in [0.15, 0.2) is 0 Å². The number of nitrogens with zero attached hydrogens (tertiary/aromatic N) is 2. The molecule has 0 aromatic rings. The first kappa shape index (κ1) is 10.3. The highest BCUT2D eigenvalue weighted by Gasteiger charge is 2.51. The molecule has 75 valence electrons. The largest absolute Gasteiger partial charge is 0.410 e. The van der Waals surface area contributed by atoms with E-state index in [-0.39, 0.29) is 16.1 Å². The maximum atomic E-state index is 10.9. The molecule has 0 atom stereocenters. The second-order valence-electron chi connectivity index (χ2n) is 5.03. The van der Waals surface area contributed by atoms with E-state index in [4.69, 9.17) is 0 Å². The van der Waals surface area contributed by atoms with Crippen LogP contribution >= 0.6 is 0 Å². The summed E-state index contributed by atoms with van der Waals surface area (Å²) in [4.78, 5) is 10.9. The van der Waals surface area contributed by atoms with Crippen LogP contribution in [0.15, 0.2) is 0 Å². The third-order valence-corrected chi connectivity index (χ3v) is 2.89. The first-order valence-electron chi connectivity index (χ1n) is 4.72. The first-order valence-corrected chi connectivity index (χ1v) is 4.72. The Morgan fingerprint density at radius 2 is 1.46 bits per heavy atom. The zero-order valence-corrected chi connectivity index (χ0v) is 8.83. The fourth-order valence-corrected chi connectivity index (χ4v) is 2.43. The van der Waals surface area contributed by atoms with E-state index in [0.29, 0.717) is 0 Å². The molecule has 0 spiro atoms. The Morgan fingerprint density at radius 3 is 1.69 bits per heavy atom. The Morgan fingerprint density at radius 1 is 1.08 bits per heavy atom. The zero-order valence-electron chi connectivity index (χ0n) is 8.83. The van der Waals surface area contributed by atoms with Gasteiger partial charge in [-0.05, 0) is 47.0 Å². The van der Waals surface area contributed by atoms with Crippen LogP contribution in [0.1, 0.15) is 47.0 Å². The normalized spacial score (nSPS) is 25.7. The maximum absolute atomic E-state index is 10.9. The van der Waals surface area contributed by atoms with Crippen molar-refractivity contribution in [2.24, 2.45) is 0 Å². The Kier molecular flexibility index (Phi) is 2.26. The van der Waals surface area contributed by atoms with E-state index < -0.39 is 0 Å². The molecule has 0 bridgehead atoms. The van der Waals surface area contributed by atoms with Gasteiger partial charge in [0.25, 0.3) is 0 Å². The lowest BCUT2D eigenvalue weighted by Gasteiger charge is -2.43. The van der Waals surface area contributed by atoms with E-state index >= 15 is 0 Å². The molecule has 0 aromatic heterocycles. The quantitative estimate of drug-likeness (QED) is 0.588. The van der Waals surface area contributed by atoms with Gasteiger partial charge in [0, 0.05) is 0 Å². The minimum Gasteiger partial charge on any atom is -0.0759 e. The van der Waals surface area contributed by atoms with Crippen molar-refractivity contribution >= 4 is 0 Å². The van der Waals surface area contributed by atoms with Crippen LogP contribution in [0, 0.1) is 4.91 Å². The van der Waals surface area contributed by atoms with Crippen LogP contribution in [0.5, 0.6) is 0 Å². The molecule has 0 saturated carbocycles. The lowest BCUT2D eigenvalue weighted by Crippen LogP contribution is -2.61. The van der Waals surface area contributed by atoms with E-state index in [1.165, 1.54) is 5.01 Å². The number of rotatable bonds is 1. The molecule has 4 heteroatoms. The fourth-order valence-electron chi connectivity index (χ4n) is 2.43. The molecule has 1 saturated heterocycles. The predicted molar refractivity (Wildman–Crippen MR) is 48.2 cm³/mol. The van der Waals surface area contributed by atoms with Gasteiger partial charge in [0.05, 0.1) is 11.1 Å². The van der Waals surface area contributed by atoms with Crippen molar-refractivity contribution in [2.75, 3.05) is 0 Å². The van der Waals surface area contributed by atoms with Gasteiger partial charge < -0.3 is 0 Å². The van der Waals surface area contributed by atoms with Gasteiger partial charge in [0.1, 0.15) is 10.1 Å². The van der Waals surface area contributed by atoms with Crippen LogP contribution in [0.2, 0.25) is 0 Å². The summed E-state index contributed by atoms with van der Waals surface area (Å²) >= 11 is 0. The Hall–Kier alpha value is -0.800. The molecule has 0 amide bonds. The monoisotopic (exact) mass is 186 g/mol. The van der Waals surface area contributed by atoms with E-state index in [9.17, 15) is 10.1 Å². The molecule has 4 nitrogen and oxygen atoms in total. The molecule has 0 N–H and O–H groups in total. The summed E-state index contributed by atoms with van der Waals surface area (Å²) in [5.41, 5.74) is -0.628. The standard InChI is InChI=1S/C9H18N2O2/c1-8(2)6-5-7-9(3,4)10(8)11(12)13/h5-7H2,1-4H3/q+1. The van der Waals surface area contributed by atoms with Crippen molar-refractivity contribution in [3.05, 3.63) is 4.91 Å². The Bertz CT molecular complexity index is 208. The summed E-state index contributed by atoms with van der Waals surface area (Å²) in [6.45, 7) is 7.76. The van der Waals surface area contributed by atoms with Crippen molar-refractivity contribution < 1.29 is 10.2 Å². The average Bonchev–Trinajstić information content (AvgIpc) is 1.79. The minimum atomic E-state index is -0.314. The molecule has 1 rings (SSSR count). The maximum Gasteiger partial charge on any atom is 0.410 e. The van der Waals surface area contributed by atoms with Crippen molar-refractivity contribution in [3.8, 4) is 0 Å². The molecule has 1 heterocycles. The van der Waals surface area contributed by atoms with E-state index in [0.717, 1.165) is 19.3 Å². The van der Waals surface area contributed by atoms with Crippen LogP contribution in [0.3, 0.4) is 0 Å². The van der Waals surface area contributed by atoms with Gasteiger partial charge >= 0.3 is 5.03 Å². The highest BCUT2D eigenvalue weighted by molar-refractivity contribution is 4.91. The summed E-state index contributed by atoms with van der Waals surface area (Å²) < 4.78 is 0. The fraction of sp³-hybridized carbons (Fsp3) is 1.00. The molecule has 1 aliphatic rings. The molecule has 1 aliphatic heterocycles. The summed E-state index contributed by atoms with van der Waals surface area (Å²) in [7, 11) is 0. The number of hydrogen-bond acceptors (Lipinski definition) is 1. The molecular formula is C9H18N2O2+. The third kappa shape index (κ3) is 1.76. The second kappa shape index (κ2) is 2.86.